The highest BCUT2D eigenvalue weighted by atomic mass is 32.2. The summed E-state index contributed by atoms with van der Waals surface area (Å²) in [6.45, 7) is 1.96. The summed E-state index contributed by atoms with van der Waals surface area (Å²) in [7, 11) is -2.10. The number of benzene rings is 2. The van der Waals surface area contributed by atoms with E-state index in [1.807, 2.05) is 31.2 Å². The fraction of sp³-hybridized carbons (Fsp3) is 0.278. The number of carbonyl (C=O) groups excluding carboxylic acids is 1. The zero-order valence-electron chi connectivity index (χ0n) is 14.3. The van der Waals surface area contributed by atoms with Gasteiger partial charge in [-0.25, -0.2) is 13.1 Å². The van der Waals surface area contributed by atoms with Crippen LogP contribution in [0.4, 0.5) is 0 Å². The number of hydrogen-bond donors (Lipinski definition) is 2. The third-order valence-corrected chi connectivity index (χ3v) is 5.08. The average molecular weight is 362 g/mol. The molecule has 2 rings (SSSR count). The average Bonchev–Trinajstić information content (AvgIpc) is 2.61. The minimum Gasteiger partial charge on any atom is -0.496 e. The van der Waals surface area contributed by atoms with E-state index < -0.39 is 10.0 Å². The van der Waals surface area contributed by atoms with E-state index in [0.29, 0.717) is 13.0 Å². The second-order valence-corrected chi connectivity index (χ2v) is 7.32. The molecule has 0 saturated heterocycles. The predicted octanol–water partition coefficient (Wildman–Crippen LogP) is 1.64. The maximum atomic E-state index is 12.1. The summed E-state index contributed by atoms with van der Waals surface area (Å²) in [5.74, 6) is 0.377. The second kappa shape index (κ2) is 8.64. The number of hydrogen-bond acceptors (Lipinski definition) is 4. The van der Waals surface area contributed by atoms with Gasteiger partial charge in [0.1, 0.15) is 5.75 Å². The van der Waals surface area contributed by atoms with Gasteiger partial charge >= 0.3 is 0 Å². The van der Waals surface area contributed by atoms with Crippen LogP contribution >= 0.6 is 0 Å². The number of amides is 1. The van der Waals surface area contributed by atoms with Crippen LogP contribution in [-0.4, -0.2) is 34.5 Å². The summed E-state index contributed by atoms with van der Waals surface area (Å²) < 4.78 is 31.8. The van der Waals surface area contributed by atoms with Crippen LogP contribution in [0.5, 0.6) is 5.75 Å². The van der Waals surface area contributed by atoms with Crippen molar-refractivity contribution >= 4 is 15.9 Å². The number of rotatable bonds is 8. The first kappa shape index (κ1) is 19.0. The summed E-state index contributed by atoms with van der Waals surface area (Å²) in [6, 6.07) is 14.0. The third-order valence-electron chi connectivity index (χ3n) is 3.66. The summed E-state index contributed by atoms with van der Waals surface area (Å²) >= 11 is 0. The normalized spacial score (nSPS) is 11.1. The van der Waals surface area contributed by atoms with Gasteiger partial charge in [-0.15, -0.1) is 0 Å². The van der Waals surface area contributed by atoms with Gasteiger partial charge in [0, 0.05) is 6.54 Å². The standard InChI is InChI=1S/C18H22N2O4S/c1-14-7-9-16(10-8-14)25(22,23)20-13-18(21)19-12-11-15-5-3-4-6-17(15)24-2/h3-10,20H,11-13H2,1-2H3,(H,19,21). The van der Waals surface area contributed by atoms with Gasteiger partial charge in [-0.3, -0.25) is 4.79 Å². The van der Waals surface area contributed by atoms with Gasteiger partial charge in [0.25, 0.3) is 0 Å². The minimum atomic E-state index is -3.69. The van der Waals surface area contributed by atoms with Crippen molar-refractivity contribution < 1.29 is 17.9 Å². The van der Waals surface area contributed by atoms with Gasteiger partial charge in [-0.2, -0.15) is 0 Å². The van der Waals surface area contributed by atoms with E-state index >= 15 is 0 Å². The highest BCUT2D eigenvalue weighted by Crippen LogP contribution is 2.17. The van der Waals surface area contributed by atoms with Crippen LogP contribution in [0.3, 0.4) is 0 Å². The molecule has 1 amide bonds. The molecule has 0 aliphatic rings. The Labute approximate surface area is 148 Å². The fourth-order valence-corrected chi connectivity index (χ4v) is 3.25. The lowest BCUT2D eigenvalue weighted by molar-refractivity contribution is -0.119. The Morgan fingerprint density at radius 1 is 1.08 bits per heavy atom. The van der Waals surface area contributed by atoms with E-state index in [9.17, 15) is 13.2 Å². The maximum Gasteiger partial charge on any atom is 0.241 e. The van der Waals surface area contributed by atoms with Crippen molar-refractivity contribution in [1.29, 1.82) is 0 Å². The highest BCUT2D eigenvalue weighted by Gasteiger charge is 2.15. The molecule has 2 aromatic carbocycles. The molecule has 7 heteroatoms. The Hall–Kier alpha value is -2.38. The van der Waals surface area contributed by atoms with Gasteiger partial charge in [0.15, 0.2) is 0 Å². The molecule has 0 aliphatic heterocycles. The zero-order chi connectivity index (χ0) is 18.3. The molecule has 0 spiro atoms. The molecule has 0 atom stereocenters. The van der Waals surface area contributed by atoms with Gasteiger partial charge in [0.2, 0.25) is 15.9 Å². The molecule has 134 valence electrons. The number of sulfonamides is 1. The van der Waals surface area contributed by atoms with Crippen LogP contribution in [-0.2, 0) is 21.2 Å². The number of para-hydroxylation sites is 1. The summed E-state index contributed by atoms with van der Waals surface area (Å²) in [5, 5.41) is 2.69. The Bertz CT molecular complexity index is 817. The van der Waals surface area contributed by atoms with Gasteiger partial charge in [-0.05, 0) is 37.1 Å². The van der Waals surface area contributed by atoms with Gasteiger partial charge < -0.3 is 10.1 Å². The molecule has 0 bridgehead atoms. The molecule has 0 radical (unpaired) electrons. The Kier molecular flexibility index (Phi) is 6.55. The molecule has 0 unspecified atom stereocenters. The SMILES string of the molecule is COc1ccccc1CCNC(=O)CNS(=O)(=O)c1ccc(C)cc1. The van der Waals surface area contributed by atoms with Crippen LogP contribution in [0.15, 0.2) is 53.4 Å². The summed E-state index contributed by atoms with van der Waals surface area (Å²) in [5.41, 5.74) is 1.94. The Morgan fingerprint density at radius 2 is 1.76 bits per heavy atom. The predicted molar refractivity (Wildman–Crippen MR) is 96.1 cm³/mol. The highest BCUT2D eigenvalue weighted by molar-refractivity contribution is 7.89. The molecule has 2 N–H and O–H groups in total. The molecular weight excluding hydrogens is 340 g/mol. The van der Waals surface area contributed by atoms with Crippen molar-refractivity contribution in [2.24, 2.45) is 0 Å². The molecule has 0 aromatic heterocycles. The van der Waals surface area contributed by atoms with E-state index in [0.717, 1.165) is 16.9 Å². The maximum absolute atomic E-state index is 12.1. The smallest absolute Gasteiger partial charge is 0.241 e. The van der Waals surface area contributed by atoms with Gasteiger partial charge in [-0.1, -0.05) is 35.9 Å². The van der Waals surface area contributed by atoms with Crippen LogP contribution < -0.4 is 14.8 Å². The van der Waals surface area contributed by atoms with Crippen LogP contribution in [0.25, 0.3) is 0 Å². The van der Waals surface area contributed by atoms with Crippen molar-refractivity contribution in [3.05, 3.63) is 59.7 Å². The summed E-state index contributed by atoms with van der Waals surface area (Å²) in [4.78, 5) is 12.0. The second-order valence-electron chi connectivity index (χ2n) is 5.55. The quantitative estimate of drug-likeness (QED) is 0.748. The molecule has 0 fully saturated rings. The first-order valence-corrected chi connectivity index (χ1v) is 9.35. The Morgan fingerprint density at radius 3 is 2.44 bits per heavy atom. The number of methoxy groups -OCH3 is 1. The van der Waals surface area contributed by atoms with Crippen LogP contribution in [0.2, 0.25) is 0 Å². The molecule has 2 aromatic rings. The van der Waals surface area contributed by atoms with E-state index in [-0.39, 0.29) is 17.3 Å². The lowest BCUT2D eigenvalue weighted by atomic mass is 10.1. The van der Waals surface area contributed by atoms with Crippen molar-refractivity contribution in [2.45, 2.75) is 18.2 Å². The van der Waals surface area contributed by atoms with Crippen molar-refractivity contribution in [2.75, 3.05) is 20.2 Å². The summed E-state index contributed by atoms with van der Waals surface area (Å²) in [6.07, 6.45) is 0.598. The molecule has 25 heavy (non-hydrogen) atoms. The van der Waals surface area contributed by atoms with E-state index in [1.165, 1.54) is 12.1 Å². The topological polar surface area (TPSA) is 84.5 Å². The first-order valence-electron chi connectivity index (χ1n) is 7.87. The molecule has 0 saturated carbocycles. The van der Waals surface area contributed by atoms with E-state index in [4.69, 9.17) is 4.74 Å². The van der Waals surface area contributed by atoms with Crippen LogP contribution in [0.1, 0.15) is 11.1 Å². The number of nitrogens with one attached hydrogen (secondary N) is 2. The Balaban J connectivity index is 1.81. The number of carbonyl (C=O) groups is 1. The van der Waals surface area contributed by atoms with Crippen LogP contribution in [0, 0.1) is 6.92 Å². The molecular formula is C18H22N2O4S. The van der Waals surface area contributed by atoms with E-state index in [2.05, 4.69) is 10.0 Å². The van der Waals surface area contributed by atoms with Crippen molar-refractivity contribution in [3.63, 3.8) is 0 Å². The van der Waals surface area contributed by atoms with Crippen molar-refractivity contribution in [3.8, 4) is 5.75 Å². The molecule has 0 aliphatic carbocycles. The largest absolute Gasteiger partial charge is 0.496 e. The van der Waals surface area contributed by atoms with Crippen molar-refractivity contribution in [1.82, 2.24) is 10.0 Å². The molecule has 0 heterocycles. The first-order chi connectivity index (χ1) is 11.9. The lowest BCUT2D eigenvalue weighted by Crippen LogP contribution is -2.37. The van der Waals surface area contributed by atoms with Gasteiger partial charge in [0.05, 0.1) is 18.6 Å². The lowest BCUT2D eigenvalue weighted by Gasteiger charge is -2.10. The third kappa shape index (κ3) is 5.58. The fourth-order valence-electron chi connectivity index (χ4n) is 2.27. The van der Waals surface area contributed by atoms with E-state index in [1.54, 1.807) is 19.2 Å². The number of aryl methyl sites for hydroxylation is 1. The minimum absolute atomic E-state index is 0.139. The number of ether oxygens (including phenoxy) is 1. The zero-order valence-corrected chi connectivity index (χ0v) is 15.1. The monoisotopic (exact) mass is 362 g/mol. The molecule has 6 nitrogen and oxygen atoms in total.